The molecule has 0 radical (unpaired) electrons. The molecule has 0 saturated heterocycles. The molecule has 0 amide bonds. The van der Waals surface area contributed by atoms with Gasteiger partial charge in [-0.3, -0.25) is 0 Å². The highest BCUT2D eigenvalue weighted by molar-refractivity contribution is 5.06. The molecule has 0 fully saturated rings. The van der Waals surface area contributed by atoms with E-state index in [0.717, 1.165) is 12.2 Å². The molecule has 0 N–H and O–H groups in total. The van der Waals surface area contributed by atoms with Crippen molar-refractivity contribution in [2.24, 2.45) is 7.05 Å². The maximum atomic E-state index is 4.15. The summed E-state index contributed by atoms with van der Waals surface area (Å²) in [5, 5.41) is 0. The summed E-state index contributed by atoms with van der Waals surface area (Å²) < 4.78 is 2.07. The van der Waals surface area contributed by atoms with Gasteiger partial charge in [0, 0.05) is 25.4 Å². The first-order chi connectivity index (χ1) is 4.75. The number of aryl methyl sites for hydroxylation is 1. The molecule has 54 valence electrons. The summed E-state index contributed by atoms with van der Waals surface area (Å²) in [6.07, 6.45) is 4.67. The van der Waals surface area contributed by atoms with Crippen LogP contribution in [0.4, 0.5) is 0 Å². The third-order valence-corrected chi connectivity index (χ3v) is 1.67. The largest absolute Gasteiger partial charge is 0.335 e. The molecule has 0 bridgehead atoms. The van der Waals surface area contributed by atoms with Crippen molar-refractivity contribution in [2.45, 2.75) is 13.3 Å². The second-order valence-electron chi connectivity index (χ2n) is 2.35. The minimum atomic E-state index is 0.900. The smallest absolute Gasteiger partial charge is 0.105 e. The third-order valence-electron chi connectivity index (χ3n) is 1.67. The van der Waals surface area contributed by atoms with Gasteiger partial charge in [0.15, 0.2) is 0 Å². The average molecular weight is 136 g/mol. The molecule has 0 atom stereocenters. The lowest BCUT2D eigenvalue weighted by atomic mass is 10.3. The van der Waals surface area contributed by atoms with E-state index in [1.165, 1.54) is 5.69 Å². The molecule has 1 aromatic rings. The van der Waals surface area contributed by atoms with Crippen molar-refractivity contribution >= 4 is 0 Å². The van der Waals surface area contributed by atoms with Gasteiger partial charge in [0.1, 0.15) is 5.82 Å². The van der Waals surface area contributed by atoms with Crippen LogP contribution >= 0.6 is 0 Å². The fraction of sp³-hybridized carbons (Fsp3) is 0.375. The van der Waals surface area contributed by atoms with E-state index in [1.54, 1.807) is 0 Å². The number of aromatic nitrogens is 2. The van der Waals surface area contributed by atoms with Crippen LogP contribution in [0.5, 0.6) is 0 Å². The van der Waals surface area contributed by atoms with Gasteiger partial charge in [-0.15, -0.1) is 6.58 Å². The van der Waals surface area contributed by atoms with Gasteiger partial charge in [-0.05, 0) is 6.92 Å². The van der Waals surface area contributed by atoms with Gasteiger partial charge in [0.25, 0.3) is 0 Å². The first-order valence-corrected chi connectivity index (χ1v) is 3.33. The van der Waals surface area contributed by atoms with Gasteiger partial charge < -0.3 is 4.57 Å². The summed E-state index contributed by atoms with van der Waals surface area (Å²) in [4.78, 5) is 4.15. The Morgan fingerprint density at radius 1 is 1.80 bits per heavy atom. The summed E-state index contributed by atoms with van der Waals surface area (Å²) in [5.74, 6) is 1.05. The molecule has 0 unspecified atom stereocenters. The van der Waals surface area contributed by atoms with Gasteiger partial charge in [-0.1, -0.05) is 6.08 Å². The Balaban J connectivity index is 2.93. The second kappa shape index (κ2) is 2.69. The van der Waals surface area contributed by atoms with Crippen LogP contribution in [-0.2, 0) is 13.5 Å². The number of hydrogen-bond acceptors (Lipinski definition) is 1. The summed E-state index contributed by atoms with van der Waals surface area (Å²) in [6, 6.07) is 0. The van der Waals surface area contributed by atoms with E-state index < -0.39 is 0 Å². The Morgan fingerprint density at radius 3 is 2.90 bits per heavy atom. The molecule has 0 saturated carbocycles. The summed E-state index contributed by atoms with van der Waals surface area (Å²) in [7, 11) is 2.02. The highest BCUT2D eigenvalue weighted by Gasteiger charge is 1.97. The van der Waals surface area contributed by atoms with Crippen molar-refractivity contribution in [3.05, 3.63) is 30.4 Å². The van der Waals surface area contributed by atoms with E-state index in [0.29, 0.717) is 0 Å². The van der Waals surface area contributed by atoms with Gasteiger partial charge >= 0.3 is 0 Å². The zero-order valence-corrected chi connectivity index (χ0v) is 6.46. The topological polar surface area (TPSA) is 17.8 Å². The lowest BCUT2D eigenvalue weighted by molar-refractivity contribution is 0.811. The van der Waals surface area contributed by atoms with Crippen molar-refractivity contribution in [1.82, 2.24) is 9.55 Å². The lowest BCUT2D eigenvalue weighted by Gasteiger charge is -1.98. The van der Waals surface area contributed by atoms with Crippen molar-refractivity contribution in [3.8, 4) is 0 Å². The highest BCUT2D eigenvalue weighted by atomic mass is 15.0. The highest BCUT2D eigenvalue weighted by Crippen LogP contribution is 2.01. The maximum Gasteiger partial charge on any atom is 0.105 e. The Hall–Kier alpha value is -1.05. The first kappa shape index (κ1) is 7.06. The minimum Gasteiger partial charge on any atom is -0.335 e. The Labute approximate surface area is 61.2 Å². The van der Waals surface area contributed by atoms with Crippen molar-refractivity contribution in [2.75, 3.05) is 0 Å². The Morgan fingerprint density at radius 2 is 2.50 bits per heavy atom. The molecular formula is C8H12N2. The molecule has 1 aromatic heterocycles. The molecular weight excluding hydrogens is 124 g/mol. The van der Waals surface area contributed by atoms with Crippen LogP contribution in [0.25, 0.3) is 0 Å². The fourth-order valence-corrected chi connectivity index (χ4v) is 0.886. The summed E-state index contributed by atoms with van der Waals surface area (Å²) in [5.41, 5.74) is 1.22. The normalized spacial score (nSPS) is 9.80. The molecule has 2 heteroatoms. The van der Waals surface area contributed by atoms with E-state index in [4.69, 9.17) is 0 Å². The third kappa shape index (κ3) is 1.10. The predicted octanol–water partition coefficient (Wildman–Crippen LogP) is 1.46. The molecule has 1 heterocycles. The molecule has 2 nitrogen and oxygen atoms in total. The SMILES string of the molecule is C=CCc1cnc(C)n1C. The number of rotatable bonds is 2. The summed E-state index contributed by atoms with van der Waals surface area (Å²) >= 11 is 0. The minimum absolute atomic E-state index is 0.900. The predicted molar refractivity (Wildman–Crippen MR) is 41.8 cm³/mol. The van der Waals surface area contributed by atoms with E-state index in [9.17, 15) is 0 Å². The van der Waals surface area contributed by atoms with Crippen LogP contribution in [0.1, 0.15) is 11.5 Å². The van der Waals surface area contributed by atoms with E-state index in [2.05, 4.69) is 16.1 Å². The van der Waals surface area contributed by atoms with Gasteiger partial charge in [-0.2, -0.15) is 0 Å². The van der Waals surface area contributed by atoms with Crippen LogP contribution in [0.15, 0.2) is 18.9 Å². The zero-order chi connectivity index (χ0) is 7.56. The average Bonchev–Trinajstić information content (AvgIpc) is 2.20. The molecule has 0 spiro atoms. The van der Waals surface area contributed by atoms with Crippen LogP contribution in [0.2, 0.25) is 0 Å². The van der Waals surface area contributed by atoms with Crippen molar-refractivity contribution in [1.29, 1.82) is 0 Å². The second-order valence-corrected chi connectivity index (χ2v) is 2.35. The lowest BCUT2D eigenvalue weighted by Crippen LogP contribution is -1.96. The number of hydrogen-bond donors (Lipinski definition) is 0. The fourth-order valence-electron chi connectivity index (χ4n) is 0.886. The van der Waals surface area contributed by atoms with E-state index >= 15 is 0 Å². The molecule has 0 aliphatic carbocycles. The van der Waals surface area contributed by atoms with Gasteiger partial charge in [-0.25, -0.2) is 4.98 Å². The van der Waals surface area contributed by atoms with Crippen LogP contribution in [-0.4, -0.2) is 9.55 Å². The number of allylic oxidation sites excluding steroid dienone is 1. The van der Waals surface area contributed by atoms with Crippen molar-refractivity contribution < 1.29 is 0 Å². The molecule has 10 heavy (non-hydrogen) atoms. The van der Waals surface area contributed by atoms with Gasteiger partial charge in [0.2, 0.25) is 0 Å². The zero-order valence-electron chi connectivity index (χ0n) is 6.46. The van der Waals surface area contributed by atoms with Crippen molar-refractivity contribution in [3.63, 3.8) is 0 Å². The Bertz CT molecular complexity index is 235. The standard InChI is InChI=1S/C8H12N2/c1-4-5-8-6-9-7(2)10(8)3/h4,6H,1,5H2,2-3H3. The quantitative estimate of drug-likeness (QED) is 0.563. The molecule has 0 aliphatic rings. The first-order valence-electron chi connectivity index (χ1n) is 3.33. The summed E-state index contributed by atoms with van der Waals surface area (Å²) in [6.45, 7) is 5.66. The van der Waals surface area contributed by atoms with E-state index in [1.807, 2.05) is 26.2 Å². The molecule has 0 aliphatic heterocycles. The maximum absolute atomic E-state index is 4.15. The monoisotopic (exact) mass is 136 g/mol. The molecule has 1 rings (SSSR count). The molecule has 0 aromatic carbocycles. The van der Waals surface area contributed by atoms with Crippen LogP contribution < -0.4 is 0 Å². The number of nitrogens with zero attached hydrogens (tertiary/aromatic N) is 2. The van der Waals surface area contributed by atoms with Crippen LogP contribution in [0.3, 0.4) is 0 Å². The van der Waals surface area contributed by atoms with Crippen LogP contribution in [0, 0.1) is 6.92 Å². The van der Waals surface area contributed by atoms with E-state index in [-0.39, 0.29) is 0 Å². The Kier molecular flexibility index (Phi) is 1.90. The number of imidazole rings is 1. The van der Waals surface area contributed by atoms with Gasteiger partial charge in [0.05, 0.1) is 0 Å².